The van der Waals surface area contributed by atoms with E-state index in [-0.39, 0.29) is 42.1 Å². The predicted molar refractivity (Wildman–Crippen MR) is 184 cm³/mol. The molecule has 4 N–H and O–H groups in total. The molecular weight excluding hydrogens is 662 g/mol. The Labute approximate surface area is 294 Å². The zero-order chi connectivity index (χ0) is 35.9. The van der Waals surface area contributed by atoms with E-state index >= 15 is 0 Å². The van der Waals surface area contributed by atoms with E-state index < -0.39 is 35.8 Å². The Morgan fingerprint density at radius 1 is 0.980 bits per heavy atom. The molecule has 3 aliphatic heterocycles. The van der Waals surface area contributed by atoms with Gasteiger partial charge < -0.3 is 34.7 Å². The van der Waals surface area contributed by atoms with Gasteiger partial charge in [-0.25, -0.2) is 4.79 Å². The van der Waals surface area contributed by atoms with Gasteiger partial charge in [0, 0.05) is 53.8 Å². The van der Waals surface area contributed by atoms with Crippen molar-refractivity contribution in [2.75, 3.05) is 64.6 Å². The molecular formula is C36H43N5O10. The van der Waals surface area contributed by atoms with Crippen LogP contribution in [0.1, 0.15) is 58.5 Å². The van der Waals surface area contributed by atoms with Crippen LogP contribution in [0.2, 0.25) is 0 Å². The Hall–Kier alpha value is -4.67. The number of aromatic nitrogens is 1. The van der Waals surface area contributed by atoms with Gasteiger partial charge in [-0.05, 0) is 44.5 Å². The van der Waals surface area contributed by atoms with E-state index in [4.69, 9.17) is 18.9 Å². The normalized spacial score (nSPS) is 21.2. The second-order valence-corrected chi connectivity index (χ2v) is 12.8. The van der Waals surface area contributed by atoms with Gasteiger partial charge in [0.05, 0.1) is 63.0 Å². The van der Waals surface area contributed by atoms with Crippen molar-refractivity contribution >= 4 is 46.2 Å². The number of anilines is 1. The smallest absolute Gasteiger partial charge is 0.415 e. The molecule has 2 aromatic carbocycles. The van der Waals surface area contributed by atoms with Gasteiger partial charge in [-0.15, -0.1) is 0 Å². The molecule has 15 nitrogen and oxygen atoms in total. The van der Waals surface area contributed by atoms with Gasteiger partial charge in [0.1, 0.15) is 6.04 Å². The number of hydrogen-bond acceptors (Lipinski definition) is 11. The number of rotatable bonds is 16. The Morgan fingerprint density at radius 3 is 2.55 bits per heavy atom. The molecule has 1 aromatic heterocycles. The molecule has 4 amide bonds. The summed E-state index contributed by atoms with van der Waals surface area (Å²) in [5.74, 6) is -2.23. The SMILES string of the molecule is CC(COC1CNCCC1c1c2ccccc2cn1C(=O)O)OCCOCCOCCNc1ccc2c(c1)C(=O)N(C1CCC(=O)NC1=O)C2=O. The van der Waals surface area contributed by atoms with Crippen molar-refractivity contribution in [3.8, 4) is 0 Å². The maximum Gasteiger partial charge on any atom is 0.415 e. The summed E-state index contributed by atoms with van der Waals surface area (Å²) in [5.41, 5.74) is 1.83. The summed E-state index contributed by atoms with van der Waals surface area (Å²) in [6.45, 7) is 6.04. The van der Waals surface area contributed by atoms with Crippen LogP contribution in [0.5, 0.6) is 0 Å². The Balaban J connectivity index is 0.848. The Kier molecular flexibility index (Phi) is 11.7. The van der Waals surface area contributed by atoms with Gasteiger partial charge in [-0.2, -0.15) is 0 Å². The molecule has 15 heteroatoms. The third-order valence-electron chi connectivity index (χ3n) is 9.31. The number of ether oxygens (including phenoxy) is 4. The first-order valence-electron chi connectivity index (χ1n) is 17.2. The summed E-state index contributed by atoms with van der Waals surface area (Å²) in [6, 6.07) is 11.5. The highest BCUT2D eigenvalue weighted by atomic mass is 16.6. The van der Waals surface area contributed by atoms with Crippen LogP contribution in [0.15, 0.2) is 48.7 Å². The van der Waals surface area contributed by atoms with E-state index in [2.05, 4.69) is 16.0 Å². The molecule has 3 aliphatic rings. The monoisotopic (exact) mass is 705 g/mol. The number of carboxylic acid groups (broad SMARTS) is 1. The molecule has 0 aliphatic carbocycles. The van der Waals surface area contributed by atoms with Gasteiger partial charge in [0.2, 0.25) is 11.8 Å². The molecule has 2 fully saturated rings. The molecule has 0 bridgehead atoms. The van der Waals surface area contributed by atoms with E-state index in [0.29, 0.717) is 58.4 Å². The highest BCUT2D eigenvalue weighted by molar-refractivity contribution is 6.23. The molecule has 2 saturated heterocycles. The van der Waals surface area contributed by atoms with E-state index in [1.54, 1.807) is 24.4 Å². The summed E-state index contributed by atoms with van der Waals surface area (Å²) in [7, 11) is 0. The van der Waals surface area contributed by atoms with Crippen molar-refractivity contribution in [1.82, 2.24) is 20.1 Å². The minimum absolute atomic E-state index is 0.0672. The zero-order valence-corrected chi connectivity index (χ0v) is 28.4. The molecule has 6 rings (SSSR count). The number of nitrogens with zero attached hydrogens (tertiary/aromatic N) is 2. The van der Waals surface area contributed by atoms with E-state index in [9.17, 15) is 29.1 Å². The van der Waals surface area contributed by atoms with Gasteiger partial charge in [-0.3, -0.25) is 34.0 Å². The maximum atomic E-state index is 13.0. The van der Waals surface area contributed by atoms with Crippen LogP contribution in [-0.4, -0.2) is 122 Å². The zero-order valence-electron chi connectivity index (χ0n) is 28.4. The fourth-order valence-corrected chi connectivity index (χ4v) is 6.82. The second-order valence-electron chi connectivity index (χ2n) is 12.8. The van der Waals surface area contributed by atoms with Crippen LogP contribution in [0.3, 0.4) is 0 Å². The van der Waals surface area contributed by atoms with E-state index in [1.807, 2.05) is 31.2 Å². The molecule has 0 spiro atoms. The fourth-order valence-electron chi connectivity index (χ4n) is 6.82. The molecule has 0 radical (unpaired) electrons. The number of nitrogens with one attached hydrogen (secondary N) is 3. The average Bonchev–Trinajstić information content (AvgIpc) is 3.63. The highest BCUT2D eigenvalue weighted by Gasteiger charge is 2.44. The van der Waals surface area contributed by atoms with Gasteiger partial charge in [0.15, 0.2) is 0 Å². The average molecular weight is 706 g/mol. The first-order chi connectivity index (χ1) is 24.7. The molecule has 4 unspecified atom stereocenters. The van der Waals surface area contributed by atoms with Gasteiger partial charge in [-0.1, -0.05) is 24.3 Å². The number of benzene rings is 2. The lowest BCUT2D eigenvalue weighted by Gasteiger charge is -2.33. The van der Waals surface area contributed by atoms with Crippen molar-refractivity contribution in [1.29, 1.82) is 0 Å². The highest BCUT2D eigenvalue weighted by Crippen LogP contribution is 2.35. The fraction of sp³-hybridized carbons (Fsp3) is 0.472. The summed E-state index contributed by atoms with van der Waals surface area (Å²) in [6.07, 6.45) is 1.22. The first-order valence-corrected chi connectivity index (χ1v) is 17.2. The number of amides is 4. The van der Waals surface area contributed by atoms with Crippen molar-refractivity contribution in [3.05, 3.63) is 65.5 Å². The molecule has 51 heavy (non-hydrogen) atoms. The maximum absolute atomic E-state index is 13.0. The predicted octanol–water partition coefficient (Wildman–Crippen LogP) is 2.58. The van der Waals surface area contributed by atoms with E-state index in [1.165, 1.54) is 4.57 Å². The number of hydrogen-bond donors (Lipinski definition) is 4. The number of carbonyl (C=O) groups is 5. The number of fused-ring (bicyclic) bond motifs is 2. The van der Waals surface area contributed by atoms with Crippen molar-refractivity contribution < 1.29 is 48.0 Å². The van der Waals surface area contributed by atoms with Crippen LogP contribution >= 0.6 is 0 Å². The summed E-state index contributed by atoms with van der Waals surface area (Å²) >= 11 is 0. The molecule has 4 heterocycles. The lowest BCUT2D eigenvalue weighted by Crippen LogP contribution is -2.54. The minimum Gasteiger partial charge on any atom is -0.464 e. The molecule has 272 valence electrons. The quantitative estimate of drug-likeness (QED) is 0.126. The third-order valence-corrected chi connectivity index (χ3v) is 9.31. The van der Waals surface area contributed by atoms with Gasteiger partial charge in [0.25, 0.3) is 11.8 Å². The van der Waals surface area contributed by atoms with Crippen molar-refractivity contribution in [3.63, 3.8) is 0 Å². The third kappa shape index (κ3) is 8.29. The number of carbonyl (C=O) groups excluding carboxylic acids is 4. The van der Waals surface area contributed by atoms with Crippen LogP contribution < -0.4 is 16.0 Å². The van der Waals surface area contributed by atoms with Crippen LogP contribution in [0, 0.1) is 0 Å². The Bertz CT molecular complexity index is 1780. The lowest BCUT2D eigenvalue weighted by atomic mass is 9.89. The largest absolute Gasteiger partial charge is 0.464 e. The first kappa shape index (κ1) is 36.1. The van der Waals surface area contributed by atoms with Crippen LogP contribution in [0.4, 0.5) is 10.5 Å². The molecule has 3 aromatic rings. The second kappa shape index (κ2) is 16.6. The van der Waals surface area contributed by atoms with Crippen molar-refractivity contribution in [2.24, 2.45) is 0 Å². The Morgan fingerprint density at radius 2 is 1.75 bits per heavy atom. The topological polar surface area (TPSA) is 187 Å². The molecule has 4 atom stereocenters. The van der Waals surface area contributed by atoms with E-state index in [0.717, 1.165) is 34.3 Å². The lowest BCUT2D eigenvalue weighted by molar-refractivity contribution is -0.136. The standard InChI is InChI=1S/C36H43N5O10/c1-22(21-51-30-19-37-11-10-27(30)32-25-5-3-2-4-23(25)20-40(32)36(46)47)50-17-16-49-15-14-48-13-12-38-24-6-7-26-28(18-24)35(45)41(34(26)44)29-8-9-31(42)39-33(29)43/h2-7,18,20,22,27,29-30,37-38H,8-17,19,21H2,1H3,(H,46,47)(H,39,42,43). The molecule has 0 saturated carbocycles. The number of imide groups is 2. The van der Waals surface area contributed by atoms with Crippen LogP contribution in [-0.2, 0) is 28.5 Å². The summed E-state index contributed by atoms with van der Waals surface area (Å²) in [4.78, 5) is 62.6. The van der Waals surface area contributed by atoms with Gasteiger partial charge >= 0.3 is 6.09 Å². The summed E-state index contributed by atoms with van der Waals surface area (Å²) < 4.78 is 24.8. The van der Waals surface area contributed by atoms with Crippen LogP contribution in [0.25, 0.3) is 10.8 Å². The van der Waals surface area contributed by atoms with Crippen molar-refractivity contribution in [2.45, 2.75) is 50.4 Å². The minimum atomic E-state index is -1.01. The number of piperidine rings is 2. The summed E-state index contributed by atoms with van der Waals surface area (Å²) in [5, 5.41) is 20.4.